The number of oxime groups is 1. The molecule has 0 radical (unpaired) electrons. The van der Waals surface area contributed by atoms with Gasteiger partial charge in [0.2, 0.25) is 0 Å². The molecule has 0 aliphatic carbocycles. The summed E-state index contributed by atoms with van der Waals surface area (Å²) < 4.78 is 0. The van der Waals surface area contributed by atoms with E-state index in [1.54, 1.807) is 0 Å². The second-order valence-corrected chi connectivity index (χ2v) is 6.05. The first-order valence-electron chi connectivity index (χ1n) is 6.51. The summed E-state index contributed by atoms with van der Waals surface area (Å²) in [5.74, 6) is 0.218. The molecule has 0 bridgehead atoms. The quantitative estimate of drug-likeness (QED) is 0.669. The Bertz CT molecular complexity index is 510. The van der Waals surface area contributed by atoms with Crippen LogP contribution in [0.3, 0.4) is 0 Å². The van der Waals surface area contributed by atoms with Crippen molar-refractivity contribution in [3.05, 3.63) is 15.6 Å². The van der Waals surface area contributed by atoms with E-state index in [2.05, 4.69) is 10.1 Å². The number of thiazole rings is 1. The number of hydrogen-bond acceptors (Lipinski definition) is 5. The first-order valence-corrected chi connectivity index (χ1v) is 7.32. The first-order chi connectivity index (χ1) is 9.06. The van der Waals surface area contributed by atoms with Crippen molar-refractivity contribution in [3.63, 3.8) is 0 Å². The second-order valence-electron chi connectivity index (χ2n) is 4.85. The number of piperidine rings is 1. The molecule has 19 heavy (non-hydrogen) atoms. The van der Waals surface area contributed by atoms with Gasteiger partial charge >= 0.3 is 0 Å². The van der Waals surface area contributed by atoms with E-state index >= 15 is 0 Å². The molecule has 2 rings (SSSR count). The lowest BCUT2D eigenvalue weighted by Crippen LogP contribution is -2.44. The molecule has 1 aromatic heterocycles. The summed E-state index contributed by atoms with van der Waals surface area (Å²) in [4.78, 5) is 19.4. The molecule has 1 aliphatic heterocycles. The number of aromatic nitrogens is 1. The molecule has 0 saturated carbocycles. The van der Waals surface area contributed by atoms with Crippen LogP contribution < -0.4 is 0 Å². The van der Waals surface area contributed by atoms with Crippen molar-refractivity contribution in [2.24, 2.45) is 11.1 Å². The van der Waals surface area contributed by atoms with E-state index in [0.717, 1.165) is 27.7 Å². The van der Waals surface area contributed by atoms with Crippen LogP contribution in [0, 0.1) is 19.8 Å². The minimum Gasteiger partial charge on any atom is -0.411 e. The normalized spacial score (nSPS) is 21.9. The minimum absolute atomic E-state index is 0.0542. The summed E-state index contributed by atoms with van der Waals surface area (Å²) in [6.45, 7) is 7.08. The Morgan fingerprint density at radius 3 is 2.84 bits per heavy atom. The smallest absolute Gasteiger partial charge is 0.265 e. The molecule has 6 heteroatoms. The zero-order chi connectivity index (χ0) is 14.0. The molecule has 1 atom stereocenters. The number of likely N-dealkylation sites (tertiary alicyclic amines) is 1. The van der Waals surface area contributed by atoms with Gasteiger partial charge in [0.15, 0.2) is 0 Å². The molecule has 1 aromatic rings. The van der Waals surface area contributed by atoms with Gasteiger partial charge in [-0.25, -0.2) is 4.98 Å². The van der Waals surface area contributed by atoms with Crippen LogP contribution >= 0.6 is 11.3 Å². The molecule has 1 aliphatic rings. The van der Waals surface area contributed by atoms with E-state index in [9.17, 15) is 4.79 Å². The Hall–Kier alpha value is -1.43. The Balaban J connectivity index is 2.15. The predicted octanol–water partition coefficient (Wildman–Crippen LogP) is 2.46. The van der Waals surface area contributed by atoms with Gasteiger partial charge in [0, 0.05) is 25.4 Å². The van der Waals surface area contributed by atoms with Gasteiger partial charge in [-0.05, 0) is 20.3 Å². The molecule has 1 saturated heterocycles. The maximum atomic E-state index is 12.5. The molecule has 0 spiro atoms. The lowest BCUT2D eigenvalue weighted by molar-refractivity contribution is 0.0733. The number of carbonyl (C=O) groups is 1. The van der Waals surface area contributed by atoms with Gasteiger partial charge in [0.25, 0.3) is 5.91 Å². The topological polar surface area (TPSA) is 65.8 Å². The number of hydrogen-bond donors (Lipinski definition) is 1. The summed E-state index contributed by atoms with van der Waals surface area (Å²) in [5, 5.41) is 13.2. The first kappa shape index (κ1) is 14.0. The summed E-state index contributed by atoms with van der Waals surface area (Å²) in [6.07, 6.45) is 1.53. The van der Waals surface area contributed by atoms with Crippen LogP contribution in [0.2, 0.25) is 0 Å². The summed E-state index contributed by atoms with van der Waals surface area (Å²) in [7, 11) is 0. The Morgan fingerprint density at radius 1 is 1.58 bits per heavy atom. The number of aryl methyl sites for hydroxylation is 2. The second kappa shape index (κ2) is 5.69. The molecule has 5 nitrogen and oxygen atoms in total. The summed E-state index contributed by atoms with van der Waals surface area (Å²) in [5.41, 5.74) is 1.62. The fourth-order valence-corrected chi connectivity index (χ4v) is 3.36. The SMILES string of the molecule is CCC1CN(C(=O)c2sc(C)nc2C)CCC1=NO. The van der Waals surface area contributed by atoms with Crippen molar-refractivity contribution in [3.8, 4) is 0 Å². The molecule has 2 heterocycles. The third-order valence-corrected chi connectivity index (χ3v) is 4.62. The van der Waals surface area contributed by atoms with Crippen molar-refractivity contribution in [2.45, 2.75) is 33.6 Å². The monoisotopic (exact) mass is 281 g/mol. The van der Waals surface area contributed by atoms with E-state index < -0.39 is 0 Å². The van der Waals surface area contributed by atoms with Gasteiger partial charge in [-0.15, -0.1) is 11.3 Å². The summed E-state index contributed by atoms with van der Waals surface area (Å²) >= 11 is 1.45. The zero-order valence-corrected chi connectivity index (χ0v) is 12.3. The third kappa shape index (κ3) is 2.78. The van der Waals surface area contributed by atoms with Crippen LogP contribution in [0.4, 0.5) is 0 Å². The highest BCUT2D eigenvalue weighted by Crippen LogP contribution is 2.23. The van der Waals surface area contributed by atoms with E-state index in [-0.39, 0.29) is 11.8 Å². The van der Waals surface area contributed by atoms with Crippen molar-refractivity contribution in [1.29, 1.82) is 0 Å². The van der Waals surface area contributed by atoms with Gasteiger partial charge in [-0.2, -0.15) is 0 Å². The fraction of sp³-hybridized carbons (Fsp3) is 0.615. The molecule has 1 fully saturated rings. The third-order valence-electron chi connectivity index (χ3n) is 3.56. The lowest BCUT2D eigenvalue weighted by atomic mass is 9.93. The molecular weight excluding hydrogens is 262 g/mol. The summed E-state index contributed by atoms with van der Waals surface area (Å²) in [6, 6.07) is 0. The number of rotatable bonds is 2. The van der Waals surface area contributed by atoms with E-state index in [4.69, 9.17) is 5.21 Å². The minimum atomic E-state index is 0.0542. The molecule has 1 N–H and O–H groups in total. The molecule has 1 unspecified atom stereocenters. The highest BCUT2D eigenvalue weighted by atomic mass is 32.1. The van der Waals surface area contributed by atoms with Gasteiger partial charge in [-0.1, -0.05) is 12.1 Å². The van der Waals surface area contributed by atoms with Gasteiger partial charge < -0.3 is 10.1 Å². The van der Waals surface area contributed by atoms with Crippen LogP contribution in [0.1, 0.15) is 40.1 Å². The Morgan fingerprint density at radius 2 is 2.32 bits per heavy atom. The highest BCUT2D eigenvalue weighted by Gasteiger charge is 2.29. The van der Waals surface area contributed by atoms with Crippen molar-refractivity contribution in [1.82, 2.24) is 9.88 Å². The van der Waals surface area contributed by atoms with Crippen molar-refractivity contribution < 1.29 is 10.0 Å². The van der Waals surface area contributed by atoms with Crippen LogP contribution in [0.5, 0.6) is 0 Å². The van der Waals surface area contributed by atoms with E-state index in [1.807, 2.05) is 25.7 Å². The molecule has 0 aromatic carbocycles. The number of amides is 1. The van der Waals surface area contributed by atoms with Gasteiger partial charge in [0.1, 0.15) is 4.88 Å². The van der Waals surface area contributed by atoms with Crippen LogP contribution in [0.25, 0.3) is 0 Å². The molecular formula is C13H19N3O2S. The number of nitrogens with zero attached hydrogens (tertiary/aromatic N) is 3. The zero-order valence-electron chi connectivity index (χ0n) is 11.5. The largest absolute Gasteiger partial charge is 0.411 e. The van der Waals surface area contributed by atoms with E-state index in [1.165, 1.54) is 11.3 Å². The van der Waals surface area contributed by atoms with E-state index in [0.29, 0.717) is 19.5 Å². The fourth-order valence-electron chi connectivity index (χ4n) is 2.47. The predicted molar refractivity (Wildman–Crippen MR) is 75.1 cm³/mol. The highest BCUT2D eigenvalue weighted by molar-refractivity contribution is 7.13. The maximum absolute atomic E-state index is 12.5. The number of carbonyl (C=O) groups excluding carboxylic acids is 1. The van der Waals surface area contributed by atoms with Crippen LogP contribution in [-0.2, 0) is 0 Å². The van der Waals surface area contributed by atoms with Crippen LogP contribution in [0.15, 0.2) is 5.16 Å². The maximum Gasteiger partial charge on any atom is 0.265 e. The molecule has 104 valence electrons. The van der Waals surface area contributed by atoms with Crippen LogP contribution in [-0.4, -0.2) is 39.8 Å². The average molecular weight is 281 g/mol. The van der Waals surface area contributed by atoms with Crippen molar-refractivity contribution >= 4 is 23.0 Å². The average Bonchev–Trinajstić information content (AvgIpc) is 2.76. The van der Waals surface area contributed by atoms with Gasteiger partial charge in [0.05, 0.1) is 16.4 Å². The van der Waals surface area contributed by atoms with Crippen molar-refractivity contribution in [2.75, 3.05) is 13.1 Å². The molecule has 1 amide bonds. The Kier molecular flexibility index (Phi) is 4.19. The lowest BCUT2D eigenvalue weighted by Gasteiger charge is -2.32. The Labute approximate surface area is 116 Å². The van der Waals surface area contributed by atoms with Gasteiger partial charge in [-0.3, -0.25) is 4.79 Å². The standard InChI is InChI=1S/C13H19N3O2S/c1-4-10-7-16(6-5-11(10)15-18)13(17)12-8(2)14-9(3)19-12/h10,18H,4-7H2,1-3H3.